The van der Waals surface area contributed by atoms with Gasteiger partial charge in [-0.05, 0) is 5.53 Å². The van der Waals surface area contributed by atoms with Crippen LogP contribution in [-0.4, -0.2) is 75.2 Å². The van der Waals surface area contributed by atoms with Gasteiger partial charge in [0, 0.05) is 4.91 Å². The van der Waals surface area contributed by atoms with Gasteiger partial charge in [0.2, 0.25) is 5.95 Å². The monoisotopic (exact) mass is 580 g/mol. The molecule has 1 fully saturated rings. The number of hydrogen-bond acceptors (Lipinski definition) is 13. The smallest absolute Gasteiger partial charge is 0.387 e. The highest BCUT2D eigenvalue weighted by Gasteiger charge is 2.57. The SMILES string of the molecule is [N-]=[N+]=NC[C@]1(COP(=O)(O)OP(=O)(O)OP(=O)(O)O)O[C@@H](n2cnc3c(=O)[nH]c(N)nc32)[C@H](F)[C@@H]1O. The zero-order valence-corrected chi connectivity index (χ0v) is 19.9. The third kappa shape index (κ3) is 6.16. The Labute approximate surface area is 196 Å². The van der Waals surface area contributed by atoms with Crippen LogP contribution < -0.4 is 11.3 Å². The first-order valence-corrected chi connectivity index (χ1v) is 13.5. The van der Waals surface area contributed by atoms with Crippen molar-refractivity contribution < 1.29 is 60.6 Å². The van der Waals surface area contributed by atoms with Gasteiger partial charge in [-0.2, -0.15) is 13.6 Å². The predicted octanol–water partition coefficient (Wildman–Crippen LogP) is -0.678. The number of imidazole rings is 1. The van der Waals surface area contributed by atoms with Gasteiger partial charge < -0.3 is 35.2 Å². The van der Waals surface area contributed by atoms with E-state index >= 15 is 4.39 Å². The third-order valence-electron chi connectivity index (χ3n) is 4.48. The van der Waals surface area contributed by atoms with Gasteiger partial charge in [0.1, 0.15) is 11.7 Å². The molecule has 6 atom stereocenters. The van der Waals surface area contributed by atoms with Gasteiger partial charge in [0.15, 0.2) is 23.6 Å². The molecular formula is C11H16FN8O13P3. The normalized spacial score (nSPS) is 27.9. The molecule has 1 aliphatic rings. The number of phosphoric ester groups is 1. The lowest BCUT2D eigenvalue weighted by molar-refractivity contribution is -0.118. The van der Waals surface area contributed by atoms with E-state index in [0.29, 0.717) is 0 Å². The van der Waals surface area contributed by atoms with Crippen LogP contribution in [0.4, 0.5) is 10.3 Å². The molecule has 3 heterocycles. The van der Waals surface area contributed by atoms with E-state index in [1.807, 2.05) is 0 Å². The van der Waals surface area contributed by atoms with E-state index in [1.165, 1.54) is 0 Å². The fourth-order valence-electron chi connectivity index (χ4n) is 3.10. The van der Waals surface area contributed by atoms with Crippen LogP contribution >= 0.6 is 23.5 Å². The summed E-state index contributed by atoms with van der Waals surface area (Å²) < 4.78 is 67.3. The summed E-state index contributed by atoms with van der Waals surface area (Å²) in [5, 5.41) is 13.6. The molecule has 0 saturated carbocycles. The van der Waals surface area contributed by atoms with Crippen molar-refractivity contribution in [2.45, 2.75) is 24.1 Å². The van der Waals surface area contributed by atoms with Gasteiger partial charge in [0.05, 0.1) is 19.5 Å². The Hall–Kier alpha value is -2.28. The van der Waals surface area contributed by atoms with E-state index in [4.69, 9.17) is 25.8 Å². The van der Waals surface area contributed by atoms with Gasteiger partial charge >= 0.3 is 23.5 Å². The largest absolute Gasteiger partial charge is 0.490 e. The summed E-state index contributed by atoms with van der Waals surface area (Å²) in [6.07, 6.45) is -5.61. The summed E-state index contributed by atoms with van der Waals surface area (Å²) in [6, 6.07) is 0. The molecule has 21 nitrogen and oxygen atoms in total. The first kappa shape index (κ1) is 28.3. The Balaban J connectivity index is 1.91. The number of phosphoric acid groups is 3. The summed E-state index contributed by atoms with van der Waals surface area (Å²) >= 11 is 0. The van der Waals surface area contributed by atoms with Crippen LogP contribution in [0.2, 0.25) is 0 Å². The summed E-state index contributed by atoms with van der Waals surface area (Å²) in [5.74, 6) is -0.379. The van der Waals surface area contributed by atoms with Crippen molar-refractivity contribution in [3.63, 3.8) is 0 Å². The number of aromatic amines is 1. The minimum atomic E-state index is -5.88. The second-order valence-corrected chi connectivity index (χ2v) is 11.4. The molecule has 1 saturated heterocycles. The van der Waals surface area contributed by atoms with E-state index in [2.05, 4.69) is 38.1 Å². The highest BCUT2D eigenvalue weighted by atomic mass is 31.3. The first-order chi connectivity index (χ1) is 16.5. The molecular weight excluding hydrogens is 564 g/mol. The number of aliphatic hydroxyl groups is 1. The maximum absolute atomic E-state index is 15.2. The van der Waals surface area contributed by atoms with Crippen molar-refractivity contribution in [3.8, 4) is 0 Å². The maximum atomic E-state index is 15.2. The topological polar surface area (TPSA) is 328 Å². The number of alkyl halides is 1. The van der Waals surface area contributed by atoms with Crippen LogP contribution in [0.1, 0.15) is 6.23 Å². The Kier molecular flexibility index (Phi) is 7.77. The number of hydrogen-bond donors (Lipinski definition) is 7. The molecule has 0 radical (unpaired) electrons. The number of aromatic nitrogens is 4. The van der Waals surface area contributed by atoms with E-state index in [0.717, 1.165) is 10.9 Å². The predicted molar refractivity (Wildman–Crippen MR) is 110 cm³/mol. The van der Waals surface area contributed by atoms with E-state index in [9.17, 15) is 33.4 Å². The first-order valence-electron chi connectivity index (χ1n) is 9.01. The Morgan fingerprint density at radius 2 is 1.97 bits per heavy atom. The fourth-order valence-corrected chi connectivity index (χ4v) is 6.18. The average molecular weight is 580 g/mol. The number of nitrogens with zero attached hydrogens (tertiary/aromatic N) is 6. The Bertz CT molecular complexity index is 1410. The molecule has 0 aromatic carbocycles. The number of halogens is 1. The van der Waals surface area contributed by atoms with Crippen molar-refractivity contribution >= 4 is 40.6 Å². The summed E-state index contributed by atoms with van der Waals surface area (Å²) in [4.78, 5) is 60.1. The Morgan fingerprint density at radius 1 is 1.31 bits per heavy atom. The zero-order valence-electron chi connectivity index (χ0n) is 17.2. The van der Waals surface area contributed by atoms with Crippen molar-refractivity contribution in [3.05, 3.63) is 27.1 Å². The molecule has 0 amide bonds. The lowest BCUT2D eigenvalue weighted by Crippen LogP contribution is -2.48. The fraction of sp³-hybridized carbons (Fsp3) is 0.545. The molecule has 0 spiro atoms. The standard InChI is InChI=1S/C11H16FN8O13P3/c12-4-6(21)11(1-16-19-14,2-30-35(26,27)33-36(28,29)32-34(23,24)25)31-9(4)20-3-15-5-7(20)17-10(13)18-8(5)22/h3-4,6,9,21H,1-2H2,(H,26,27)(H,28,29)(H2,23,24,25)(H3,13,17,18,22)/t4-,6+,9-,11-/m1/s1. The summed E-state index contributed by atoms with van der Waals surface area (Å²) in [5.41, 5.74) is 10.3. The minimum Gasteiger partial charge on any atom is -0.387 e. The molecule has 36 heavy (non-hydrogen) atoms. The number of rotatable bonds is 10. The molecule has 0 bridgehead atoms. The number of anilines is 1. The molecule has 200 valence electrons. The highest BCUT2D eigenvalue weighted by Crippen LogP contribution is 2.66. The average Bonchev–Trinajstić information content (AvgIpc) is 3.23. The molecule has 2 aromatic heterocycles. The molecule has 2 unspecified atom stereocenters. The van der Waals surface area contributed by atoms with Crippen LogP contribution in [0.25, 0.3) is 21.6 Å². The van der Waals surface area contributed by atoms with Gasteiger partial charge in [-0.15, -0.1) is 0 Å². The minimum absolute atomic E-state index is 0.288. The number of nitrogens with two attached hydrogens (primary N) is 1. The van der Waals surface area contributed by atoms with Crippen LogP contribution in [0.5, 0.6) is 0 Å². The van der Waals surface area contributed by atoms with Gasteiger partial charge in [0.25, 0.3) is 5.56 Å². The van der Waals surface area contributed by atoms with Crippen LogP contribution in [0, 0.1) is 0 Å². The van der Waals surface area contributed by atoms with E-state index < -0.39 is 66.3 Å². The second kappa shape index (κ2) is 9.88. The van der Waals surface area contributed by atoms with Gasteiger partial charge in [-0.25, -0.2) is 23.1 Å². The lowest BCUT2D eigenvalue weighted by atomic mass is 9.97. The molecule has 0 aliphatic carbocycles. The molecule has 8 N–H and O–H groups in total. The maximum Gasteiger partial charge on any atom is 0.490 e. The quantitative estimate of drug-likeness (QED) is 0.0792. The van der Waals surface area contributed by atoms with E-state index in [-0.39, 0.29) is 17.1 Å². The van der Waals surface area contributed by atoms with Crippen LogP contribution in [-0.2, 0) is 31.6 Å². The summed E-state index contributed by atoms with van der Waals surface area (Å²) in [6.45, 7) is -2.29. The number of nitrogen functional groups attached to an aromatic ring is 1. The third-order valence-corrected chi connectivity index (χ3v) is 8.27. The van der Waals surface area contributed by atoms with Gasteiger partial charge in [-0.3, -0.25) is 18.9 Å². The molecule has 1 aliphatic heterocycles. The molecule has 25 heteroatoms. The van der Waals surface area contributed by atoms with Crippen molar-refractivity contribution in [1.82, 2.24) is 19.5 Å². The number of H-pyrrole nitrogens is 1. The lowest BCUT2D eigenvalue weighted by Gasteiger charge is -2.30. The summed E-state index contributed by atoms with van der Waals surface area (Å²) in [7, 11) is -17.3. The number of ether oxygens (including phenoxy) is 1. The zero-order chi connectivity index (χ0) is 27.1. The highest BCUT2D eigenvalue weighted by molar-refractivity contribution is 7.66. The molecule has 3 rings (SSSR count). The van der Waals surface area contributed by atoms with Crippen LogP contribution in [0.15, 0.2) is 16.2 Å². The van der Waals surface area contributed by atoms with Gasteiger partial charge in [-0.1, -0.05) is 5.11 Å². The van der Waals surface area contributed by atoms with Crippen molar-refractivity contribution in [1.29, 1.82) is 0 Å². The Morgan fingerprint density at radius 3 is 2.58 bits per heavy atom. The molecule has 2 aromatic rings. The number of nitrogens with one attached hydrogen (secondary N) is 1. The number of fused-ring (bicyclic) bond motifs is 1. The van der Waals surface area contributed by atoms with Crippen molar-refractivity contribution in [2.24, 2.45) is 5.11 Å². The number of aliphatic hydroxyl groups excluding tert-OH is 1. The van der Waals surface area contributed by atoms with Crippen LogP contribution in [0.3, 0.4) is 0 Å². The second-order valence-electron chi connectivity index (χ2n) is 6.99. The van der Waals surface area contributed by atoms with Crippen molar-refractivity contribution in [2.75, 3.05) is 18.9 Å². The number of azide groups is 1. The van der Waals surface area contributed by atoms with E-state index in [1.54, 1.807) is 0 Å².